The Morgan fingerprint density at radius 3 is 2.80 bits per heavy atom. The second-order valence-electron chi connectivity index (χ2n) is 5.26. The number of nitrogens with one attached hydrogen (secondary N) is 1. The molecule has 1 fully saturated rings. The summed E-state index contributed by atoms with van der Waals surface area (Å²) >= 11 is 0. The van der Waals surface area contributed by atoms with Crippen molar-refractivity contribution in [3.63, 3.8) is 0 Å². The van der Waals surface area contributed by atoms with Crippen molar-refractivity contribution in [2.24, 2.45) is 5.92 Å². The van der Waals surface area contributed by atoms with Crippen LogP contribution in [-0.4, -0.2) is 53.5 Å². The minimum atomic E-state index is -1.03. The number of rotatable bonds is 4. The van der Waals surface area contributed by atoms with Gasteiger partial charge in [-0.3, -0.25) is 4.79 Å². The number of carbonyl (C=O) groups excluding carboxylic acids is 1. The fourth-order valence-corrected chi connectivity index (χ4v) is 2.43. The van der Waals surface area contributed by atoms with Crippen LogP contribution >= 0.6 is 0 Å². The van der Waals surface area contributed by atoms with Crippen molar-refractivity contribution in [3.8, 4) is 0 Å². The van der Waals surface area contributed by atoms with E-state index in [1.807, 2.05) is 0 Å². The van der Waals surface area contributed by atoms with Crippen molar-refractivity contribution < 1.29 is 14.7 Å². The second kappa shape index (κ2) is 6.00. The van der Waals surface area contributed by atoms with Gasteiger partial charge in [-0.05, 0) is 45.0 Å². The first-order chi connectivity index (χ1) is 9.47. The van der Waals surface area contributed by atoms with Gasteiger partial charge in [0.2, 0.25) is 0 Å². The number of amides is 1. The first-order valence-electron chi connectivity index (χ1n) is 6.65. The van der Waals surface area contributed by atoms with Crippen molar-refractivity contribution in [3.05, 3.63) is 29.1 Å². The summed E-state index contributed by atoms with van der Waals surface area (Å²) in [5, 5.41) is 11.8. The van der Waals surface area contributed by atoms with Crippen molar-refractivity contribution >= 4 is 11.9 Å². The van der Waals surface area contributed by atoms with Crippen LogP contribution < -0.4 is 5.32 Å². The zero-order valence-corrected chi connectivity index (χ0v) is 11.7. The number of carbonyl (C=O) groups is 2. The highest BCUT2D eigenvalue weighted by Gasteiger charge is 2.20. The minimum Gasteiger partial charge on any atom is -0.478 e. The van der Waals surface area contributed by atoms with Crippen molar-refractivity contribution in [2.45, 2.75) is 13.3 Å². The van der Waals surface area contributed by atoms with Crippen LogP contribution in [-0.2, 0) is 0 Å². The SMILES string of the molecule is Cc1nc(C(=O)NCC2CCN(C)C2)ccc1C(=O)O. The van der Waals surface area contributed by atoms with E-state index in [0.717, 1.165) is 19.5 Å². The van der Waals surface area contributed by atoms with E-state index in [2.05, 4.69) is 22.2 Å². The van der Waals surface area contributed by atoms with Gasteiger partial charge in [-0.15, -0.1) is 0 Å². The van der Waals surface area contributed by atoms with Crippen molar-refractivity contribution in [2.75, 3.05) is 26.7 Å². The van der Waals surface area contributed by atoms with Crippen LogP contribution in [0.1, 0.15) is 33.0 Å². The molecule has 2 rings (SSSR count). The Bertz CT molecular complexity index is 530. The number of hydrogen-bond acceptors (Lipinski definition) is 4. The molecule has 1 aliphatic rings. The quantitative estimate of drug-likeness (QED) is 0.849. The fraction of sp³-hybridized carbons (Fsp3) is 0.500. The number of aromatic nitrogens is 1. The number of aryl methyl sites for hydroxylation is 1. The molecule has 1 aliphatic heterocycles. The average molecular weight is 277 g/mol. The molecule has 2 heterocycles. The summed E-state index contributed by atoms with van der Waals surface area (Å²) in [7, 11) is 2.07. The maximum absolute atomic E-state index is 12.0. The van der Waals surface area contributed by atoms with Gasteiger partial charge in [-0.2, -0.15) is 0 Å². The Balaban J connectivity index is 1.95. The lowest BCUT2D eigenvalue weighted by molar-refractivity contribution is 0.0694. The molecular weight excluding hydrogens is 258 g/mol. The van der Waals surface area contributed by atoms with Gasteiger partial charge in [-0.1, -0.05) is 0 Å². The van der Waals surface area contributed by atoms with Gasteiger partial charge < -0.3 is 15.3 Å². The molecule has 1 aromatic rings. The smallest absolute Gasteiger partial charge is 0.337 e. The number of hydrogen-bond donors (Lipinski definition) is 2. The topological polar surface area (TPSA) is 82.5 Å². The van der Waals surface area contributed by atoms with Crippen molar-refractivity contribution in [1.82, 2.24) is 15.2 Å². The second-order valence-corrected chi connectivity index (χ2v) is 5.26. The zero-order valence-electron chi connectivity index (χ0n) is 11.7. The van der Waals surface area contributed by atoms with Gasteiger partial charge in [0.05, 0.1) is 11.3 Å². The van der Waals surface area contributed by atoms with E-state index < -0.39 is 5.97 Å². The molecule has 0 bridgehead atoms. The number of carboxylic acid groups (broad SMARTS) is 1. The predicted octanol–water partition coefficient (Wildman–Crippen LogP) is 0.770. The maximum Gasteiger partial charge on any atom is 0.337 e. The molecule has 0 saturated carbocycles. The molecule has 6 nitrogen and oxygen atoms in total. The molecule has 1 atom stereocenters. The van der Waals surface area contributed by atoms with E-state index in [9.17, 15) is 9.59 Å². The normalized spacial score (nSPS) is 19.0. The monoisotopic (exact) mass is 277 g/mol. The minimum absolute atomic E-state index is 0.124. The van der Waals surface area contributed by atoms with Gasteiger partial charge in [0.25, 0.3) is 5.91 Å². The van der Waals surface area contributed by atoms with Crippen LogP contribution in [0, 0.1) is 12.8 Å². The highest BCUT2D eigenvalue weighted by atomic mass is 16.4. The number of nitrogens with zero attached hydrogens (tertiary/aromatic N) is 2. The molecule has 2 N–H and O–H groups in total. The van der Waals surface area contributed by atoms with E-state index in [1.165, 1.54) is 12.1 Å². The van der Waals surface area contributed by atoms with Crippen molar-refractivity contribution in [1.29, 1.82) is 0 Å². The Hall–Kier alpha value is -1.95. The maximum atomic E-state index is 12.0. The third kappa shape index (κ3) is 3.33. The first-order valence-corrected chi connectivity index (χ1v) is 6.65. The molecule has 20 heavy (non-hydrogen) atoms. The van der Waals surface area contributed by atoms with Crippen LogP contribution in [0.25, 0.3) is 0 Å². The summed E-state index contributed by atoms with van der Waals surface area (Å²) < 4.78 is 0. The predicted molar refractivity (Wildman–Crippen MR) is 73.9 cm³/mol. The molecule has 0 aliphatic carbocycles. The van der Waals surface area contributed by atoms with E-state index in [-0.39, 0.29) is 17.2 Å². The van der Waals surface area contributed by atoms with Gasteiger partial charge in [0.1, 0.15) is 5.69 Å². The lowest BCUT2D eigenvalue weighted by Gasteiger charge is -2.11. The Labute approximate surface area is 117 Å². The summed E-state index contributed by atoms with van der Waals surface area (Å²) in [5.74, 6) is -0.807. The summed E-state index contributed by atoms with van der Waals surface area (Å²) in [5.41, 5.74) is 0.739. The van der Waals surface area contributed by atoms with E-state index in [0.29, 0.717) is 18.2 Å². The highest BCUT2D eigenvalue weighted by Crippen LogP contribution is 2.13. The molecule has 1 aromatic heterocycles. The largest absolute Gasteiger partial charge is 0.478 e. The molecule has 1 saturated heterocycles. The molecule has 1 unspecified atom stereocenters. The standard InChI is InChI=1S/C14H19N3O3/c1-9-11(14(19)20)3-4-12(16-9)13(18)15-7-10-5-6-17(2)8-10/h3-4,10H,5-8H2,1-2H3,(H,15,18)(H,19,20). The molecule has 0 aromatic carbocycles. The number of pyridine rings is 1. The van der Waals surface area contributed by atoms with Gasteiger partial charge in [-0.25, -0.2) is 9.78 Å². The fourth-order valence-electron chi connectivity index (χ4n) is 2.43. The molecule has 108 valence electrons. The van der Waals surface area contributed by atoms with Crippen LogP contribution in [0.5, 0.6) is 0 Å². The zero-order chi connectivity index (χ0) is 14.7. The Morgan fingerprint density at radius 2 is 2.25 bits per heavy atom. The third-order valence-corrected chi connectivity index (χ3v) is 3.59. The van der Waals surface area contributed by atoms with E-state index >= 15 is 0 Å². The molecular formula is C14H19N3O3. The van der Waals surface area contributed by atoms with Gasteiger partial charge in [0.15, 0.2) is 0 Å². The Kier molecular flexibility index (Phi) is 4.34. The molecule has 1 amide bonds. The Morgan fingerprint density at radius 1 is 1.50 bits per heavy atom. The van der Waals surface area contributed by atoms with Crippen LogP contribution in [0.2, 0.25) is 0 Å². The van der Waals surface area contributed by atoms with Gasteiger partial charge in [0, 0.05) is 13.1 Å². The number of aromatic carboxylic acids is 1. The summed E-state index contributed by atoms with van der Waals surface area (Å²) in [4.78, 5) is 29.2. The van der Waals surface area contributed by atoms with Crippen LogP contribution in [0.3, 0.4) is 0 Å². The lowest BCUT2D eigenvalue weighted by Crippen LogP contribution is -2.31. The molecule has 0 radical (unpaired) electrons. The highest BCUT2D eigenvalue weighted by molar-refractivity contribution is 5.94. The molecule has 0 spiro atoms. The molecule has 6 heteroatoms. The van der Waals surface area contributed by atoms with E-state index in [4.69, 9.17) is 5.11 Å². The van der Waals surface area contributed by atoms with Crippen LogP contribution in [0.15, 0.2) is 12.1 Å². The first kappa shape index (κ1) is 14.5. The number of likely N-dealkylation sites (tertiary alicyclic amines) is 1. The van der Waals surface area contributed by atoms with Crippen LogP contribution in [0.4, 0.5) is 0 Å². The summed E-state index contributed by atoms with van der Waals surface area (Å²) in [6, 6.07) is 2.87. The average Bonchev–Trinajstić information content (AvgIpc) is 2.81. The number of carboxylic acids is 1. The third-order valence-electron chi connectivity index (χ3n) is 3.59. The summed E-state index contributed by atoms with van der Waals surface area (Å²) in [6.45, 7) is 4.27. The summed E-state index contributed by atoms with van der Waals surface area (Å²) in [6.07, 6.45) is 1.08. The lowest BCUT2D eigenvalue weighted by atomic mass is 10.1. The van der Waals surface area contributed by atoms with E-state index in [1.54, 1.807) is 6.92 Å². The van der Waals surface area contributed by atoms with Gasteiger partial charge >= 0.3 is 5.97 Å².